The number of hydrogen-bond donors (Lipinski definition) is 1. The van der Waals surface area contributed by atoms with Gasteiger partial charge in [-0.15, -0.1) is 0 Å². The molecule has 2 aromatic carbocycles. The number of aliphatic carboxylic acids is 1. The third-order valence-corrected chi connectivity index (χ3v) is 3.03. The van der Waals surface area contributed by atoms with Gasteiger partial charge < -0.3 is 14.6 Å². The molecule has 5 heteroatoms. The number of benzene rings is 2. The van der Waals surface area contributed by atoms with E-state index in [4.69, 9.17) is 14.6 Å². The lowest BCUT2D eigenvalue weighted by Crippen LogP contribution is -2.01. The van der Waals surface area contributed by atoms with Crippen molar-refractivity contribution in [3.63, 3.8) is 0 Å². The monoisotopic (exact) mass is 316 g/mol. The van der Waals surface area contributed by atoms with E-state index in [1.807, 2.05) is 6.92 Å². The Morgan fingerprint density at radius 2 is 1.96 bits per heavy atom. The molecule has 0 aliphatic carbocycles. The molecule has 0 bridgehead atoms. The Morgan fingerprint density at radius 3 is 2.65 bits per heavy atom. The van der Waals surface area contributed by atoms with Crippen LogP contribution in [0.4, 0.5) is 4.39 Å². The second-order valence-corrected chi connectivity index (χ2v) is 4.69. The van der Waals surface area contributed by atoms with Gasteiger partial charge >= 0.3 is 5.97 Å². The molecule has 0 unspecified atom stereocenters. The summed E-state index contributed by atoms with van der Waals surface area (Å²) in [5.41, 5.74) is 1.12. The second-order valence-electron chi connectivity index (χ2n) is 4.69. The fourth-order valence-corrected chi connectivity index (χ4v) is 1.95. The molecule has 0 aliphatic rings. The standard InChI is InChI=1S/C18H17FO4/c1-2-22-17-11-13(8-10-18(20)21)7-9-16(17)23-12-14-5-3-4-6-15(14)19/h3-11H,2,12H2,1H3,(H,20,21)/b10-8+. The number of hydrogen-bond acceptors (Lipinski definition) is 3. The first kappa shape index (κ1) is 16.5. The summed E-state index contributed by atoms with van der Waals surface area (Å²) in [4.78, 5) is 10.6. The highest BCUT2D eigenvalue weighted by atomic mass is 19.1. The van der Waals surface area contributed by atoms with Gasteiger partial charge in [-0.1, -0.05) is 24.3 Å². The van der Waals surface area contributed by atoms with Crippen LogP contribution in [-0.4, -0.2) is 17.7 Å². The predicted molar refractivity (Wildman–Crippen MR) is 85.0 cm³/mol. The van der Waals surface area contributed by atoms with E-state index in [0.717, 1.165) is 6.08 Å². The molecule has 0 amide bonds. The number of halogens is 1. The summed E-state index contributed by atoms with van der Waals surface area (Å²) in [6, 6.07) is 11.5. The quantitative estimate of drug-likeness (QED) is 0.787. The molecule has 23 heavy (non-hydrogen) atoms. The van der Waals surface area contributed by atoms with Gasteiger partial charge in [0.15, 0.2) is 11.5 Å². The first-order chi connectivity index (χ1) is 11.1. The van der Waals surface area contributed by atoms with Gasteiger partial charge in [-0.3, -0.25) is 0 Å². The van der Waals surface area contributed by atoms with E-state index in [1.165, 1.54) is 12.1 Å². The van der Waals surface area contributed by atoms with E-state index in [9.17, 15) is 9.18 Å². The molecule has 0 heterocycles. The molecule has 0 spiro atoms. The van der Waals surface area contributed by atoms with Crippen molar-refractivity contribution >= 4 is 12.0 Å². The van der Waals surface area contributed by atoms with Crippen molar-refractivity contribution < 1.29 is 23.8 Å². The van der Waals surface area contributed by atoms with Crippen LogP contribution in [0, 0.1) is 5.82 Å². The second kappa shape index (κ2) is 7.98. The number of carboxylic acid groups (broad SMARTS) is 1. The molecule has 0 atom stereocenters. The van der Waals surface area contributed by atoms with Crippen LogP contribution in [0.5, 0.6) is 11.5 Å². The fraction of sp³-hybridized carbons (Fsp3) is 0.167. The third kappa shape index (κ3) is 4.85. The van der Waals surface area contributed by atoms with Crippen molar-refractivity contribution in [1.29, 1.82) is 0 Å². The van der Waals surface area contributed by atoms with Crippen LogP contribution in [0.15, 0.2) is 48.5 Å². The van der Waals surface area contributed by atoms with E-state index in [1.54, 1.807) is 36.4 Å². The Bertz CT molecular complexity index is 710. The molecular weight excluding hydrogens is 299 g/mol. The molecule has 0 saturated heterocycles. The normalized spacial score (nSPS) is 10.7. The molecule has 0 aliphatic heterocycles. The maximum atomic E-state index is 13.6. The van der Waals surface area contributed by atoms with Gasteiger partial charge in [0.1, 0.15) is 12.4 Å². The molecule has 2 rings (SSSR count). The number of carboxylic acids is 1. The average molecular weight is 316 g/mol. The van der Waals surface area contributed by atoms with Crippen LogP contribution in [0.25, 0.3) is 6.08 Å². The van der Waals surface area contributed by atoms with Crippen LogP contribution in [0.1, 0.15) is 18.1 Å². The molecule has 4 nitrogen and oxygen atoms in total. The Kier molecular flexibility index (Phi) is 5.74. The zero-order valence-corrected chi connectivity index (χ0v) is 12.7. The smallest absolute Gasteiger partial charge is 0.328 e. The molecule has 120 valence electrons. The van der Waals surface area contributed by atoms with Gasteiger partial charge in [0.2, 0.25) is 0 Å². The predicted octanol–water partition coefficient (Wildman–Crippen LogP) is 3.90. The SMILES string of the molecule is CCOc1cc(/C=C/C(=O)O)ccc1OCc1ccccc1F. The van der Waals surface area contributed by atoms with Crippen molar-refractivity contribution in [2.45, 2.75) is 13.5 Å². The van der Waals surface area contributed by atoms with Crippen molar-refractivity contribution in [2.24, 2.45) is 0 Å². The lowest BCUT2D eigenvalue weighted by Gasteiger charge is -2.13. The maximum Gasteiger partial charge on any atom is 0.328 e. The minimum absolute atomic E-state index is 0.0804. The summed E-state index contributed by atoms with van der Waals surface area (Å²) < 4.78 is 24.7. The van der Waals surface area contributed by atoms with Gasteiger partial charge in [-0.25, -0.2) is 9.18 Å². The number of rotatable bonds is 7. The topological polar surface area (TPSA) is 55.8 Å². The van der Waals surface area contributed by atoms with E-state index in [0.29, 0.717) is 29.2 Å². The lowest BCUT2D eigenvalue weighted by atomic mass is 10.2. The summed E-state index contributed by atoms with van der Waals surface area (Å²) >= 11 is 0. The van der Waals surface area contributed by atoms with E-state index >= 15 is 0 Å². The minimum Gasteiger partial charge on any atom is -0.490 e. The van der Waals surface area contributed by atoms with Crippen molar-refractivity contribution in [3.8, 4) is 11.5 Å². The molecule has 2 aromatic rings. The summed E-state index contributed by atoms with van der Waals surface area (Å²) in [6.45, 7) is 2.35. The first-order valence-electron chi connectivity index (χ1n) is 7.14. The first-order valence-corrected chi connectivity index (χ1v) is 7.14. The maximum absolute atomic E-state index is 13.6. The zero-order chi connectivity index (χ0) is 16.7. The largest absolute Gasteiger partial charge is 0.490 e. The molecular formula is C18H17FO4. The van der Waals surface area contributed by atoms with Gasteiger partial charge in [0.05, 0.1) is 6.61 Å². The van der Waals surface area contributed by atoms with Crippen molar-refractivity contribution in [1.82, 2.24) is 0 Å². The Labute approximate surface area is 133 Å². The van der Waals surface area contributed by atoms with Gasteiger partial charge in [0.25, 0.3) is 0 Å². The van der Waals surface area contributed by atoms with Gasteiger partial charge in [-0.2, -0.15) is 0 Å². The molecule has 1 N–H and O–H groups in total. The summed E-state index contributed by atoms with van der Waals surface area (Å²) in [6.07, 6.45) is 2.51. The Balaban J connectivity index is 2.17. The molecule has 0 radical (unpaired) electrons. The zero-order valence-electron chi connectivity index (χ0n) is 12.7. The van der Waals surface area contributed by atoms with Crippen LogP contribution in [0.3, 0.4) is 0 Å². The third-order valence-electron chi connectivity index (χ3n) is 3.03. The highest BCUT2D eigenvalue weighted by Crippen LogP contribution is 2.30. The van der Waals surface area contributed by atoms with Crippen LogP contribution >= 0.6 is 0 Å². The average Bonchev–Trinajstić information content (AvgIpc) is 2.53. The van der Waals surface area contributed by atoms with Crippen molar-refractivity contribution in [3.05, 3.63) is 65.5 Å². The highest BCUT2D eigenvalue weighted by molar-refractivity contribution is 5.85. The van der Waals surface area contributed by atoms with Gasteiger partial charge in [-0.05, 0) is 36.8 Å². The van der Waals surface area contributed by atoms with E-state index in [-0.39, 0.29) is 12.4 Å². The van der Waals surface area contributed by atoms with E-state index < -0.39 is 5.97 Å². The minimum atomic E-state index is -1.03. The van der Waals surface area contributed by atoms with Crippen molar-refractivity contribution in [2.75, 3.05) is 6.61 Å². The number of carbonyl (C=O) groups is 1. The van der Waals surface area contributed by atoms with Crippen LogP contribution < -0.4 is 9.47 Å². The van der Waals surface area contributed by atoms with Crippen LogP contribution in [-0.2, 0) is 11.4 Å². The highest BCUT2D eigenvalue weighted by Gasteiger charge is 2.08. The molecule has 0 saturated carbocycles. The van der Waals surface area contributed by atoms with Crippen LogP contribution in [0.2, 0.25) is 0 Å². The summed E-state index contributed by atoms with van der Waals surface area (Å²) in [5.74, 6) is -0.395. The lowest BCUT2D eigenvalue weighted by molar-refractivity contribution is -0.131. The Morgan fingerprint density at radius 1 is 1.17 bits per heavy atom. The molecule has 0 aromatic heterocycles. The summed E-state index contributed by atoms with van der Waals surface area (Å²) in [7, 11) is 0. The van der Waals surface area contributed by atoms with E-state index in [2.05, 4.69) is 0 Å². The number of ether oxygens (including phenoxy) is 2. The van der Waals surface area contributed by atoms with Gasteiger partial charge in [0, 0.05) is 11.6 Å². The fourth-order valence-electron chi connectivity index (χ4n) is 1.95. The molecule has 0 fully saturated rings. The summed E-state index contributed by atoms with van der Waals surface area (Å²) in [5, 5.41) is 8.66. The Hall–Kier alpha value is -2.82.